The number of methoxy groups -OCH3 is 1. The summed E-state index contributed by atoms with van der Waals surface area (Å²) >= 11 is 0. The lowest BCUT2D eigenvalue weighted by Crippen LogP contribution is -1.85. The van der Waals surface area contributed by atoms with Gasteiger partial charge in [0.15, 0.2) is 8.46 Å². The Kier molecular flexibility index (Phi) is 5.11. The molecular formula is C3H7O2P. The van der Waals surface area contributed by atoms with Crippen molar-refractivity contribution < 1.29 is 9.30 Å². The van der Waals surface area contributed by atoms with Crippen LogP contribution in [0.2, 0.25) is 0 Å². The van der Waals surface area contributed by atoms with Crippen LogP contribution in [0.15, 0.2) is 0 Å². The maximum Gasteiger partial charge on any atom is 0.157 e. The van der Waals surface area contributed by atoms with Crippen LogP contribution < -0.4 is 0 Å². The highest BCUT2D eigenvalue weighted by molar-refractivity contribution is 7.23. The molecule has 0 fully saturated rings. The Morgan fingerprint density at radius 2 is 2.50 bits per heavy atom. The van der Waals surface area contributed by atoms with Gasteiger partial charge in [0.1, 0.15) is 0 Å². The van der Waals surface area contributed by atoms with Gasteiger partial charge in [-0.25, -0.2) is 0 Å². The molecule has 3 heteroatoms. The zero-order valence-electron chi connectivity index (χ0n) is 3.68. The number of hydrogen-bond donors (Lipinski definition) is 0. The van der Waals surface area contributed by atoms with Crippen LogP contribution >= 0.6 is 8.46 Å². The van der Waals surface area contributed by atoms with Crippen LogP contribution in [0.1, 0.15) is 0 Å². The SMILES string of the molecule is COCCP=O. The van der Waals surface area contributed by atoms with Gasteiger partial charge in [0.2, 0.25) is 0 Å². The zero-order chi connectivity index (χ0) is 4.83. The van der Waals surface area contributed by atoms with E-state index >= 15 is 0 Å². The van der Waals surface area contributed by atoms with Crippen molar-refractivity contribution in [1.29, 1.82) is 0 Å². The third-order valence-electron chi connectivity index (χ3n) is 0.387. The molecule has 0 aliphatic heterocycles. The Bertz CT molecular complexity index is 37.8. The average Bonchev–Trinajstić information content (AvgIpc) is 1.61. The minimum atomic E-state index is 0.170. The van der Waals surface area contributed by atoms with Crippen molar-refractivity contribution in [2.75, 3.05) is 19.9 Å². The van der Waals surface area contributed by atoms with Crippen molar-refractivity contribution in [3.05, 3.63) is 0 Å². The molecule has 0 saturated carbocycles. The second-order valence-electron chi connectivity index (χ2n) is 0.846. The van der Waals surface area contributed by atoms with Crippen molar-refractivity contribution in [2.45, 2.75) is 0 Å². The predicted molar refractivity (Wildman–Crippen MR) is 24.3 cm³/mol. The summed E-state index contributed by atoms with van der Waals surface area (Å²) in [5.74, 6) is 0. The largest absolute Gasteiger partial charge is 0.384 e. The van der Waals surface area contributed by atoms with E-state index in [4.69, 9.17) is 0 Å². The molecule has 0 amide bonds. The molecule has 0 N–H and O–H groups in total. The van der Waals surface area contributed by atoms with Crippen molar-refractivity contribution in [1.82, 2.24) is 0 Å². The lowest BCUT2D eigenvalue weighted by molar-refractivity contribution is 0.218. The predicted octanol–water partition coefficient (Wildman–Crippen LogP) is 0.924. The van der Waals surface area contributed by atoms with E-state index in [9.17, 15) is 4.57 Å². The first-order valence-corrected chi connectivity index (χ1v) is 2.69. The van der Waals surface area contributed by atoms with E-state index in [0.29, 0.717) is 12.8 Å². The monoisotopic (exact) mass is 106 g/mol. The lowest BCUT2D eigenvalue weighted by atomic mass is 10.9. The van der Waals surface area contributed by atoms with E-state index < -0.39 is 0 Å². The van der Waals surface area contributed by atoms with E-state index in [1.165, 1.54) is 0 Å². The second kappa shape index (κ2) is 5.06. The van der Waals surface area contributed by atoms with Gasteiger partial charge in [-0.15, -0.1) is 0 Å². The fourth-order valence-electron chi connectivity index (χ4n) is 0.129. The number of rotatable bonds is 3. The second-order valence-corrected chi connectivity index (χ2v) is 1.55. The van der Waals surface area contributed by atoms with Crippen LogP contribution in [0.4, 0.5) is 0 Å². The number of ether oxygens (including phenoxy) is 1. The van der Waals surface area contributed by atoms with Gasteiger partial charge in [-0.05, 0) is 0 Å². The van der Waals surface area contributed by atoms with E-state index in [2.05, 4.69) is 4.74 Å². The van der Waals surface area contributed by atoms with E-state index in [-0.39, 0.29) is 8.46 Å². The maximum absolute atomic E-state index is 9.58. The van der Waals surface area contributed by atoms with Crippen molar-refractivity contribution in [2.24, 2.45) is 0 Å². The van der Waals surface area contributed by atoms with Gasteiger partial charge in [0.05, 0.1) is 12.8 Å². The molecule has 36 valence electrons. The van der Waals surface area contributed by atoms with Gasteiger partial charge in [-0.3, -0.25) is 4.57 Å². The molecule has 0 rings (SSSR count). The summed E-state index contributed by atoms with van der Waals surface area (Å²) in [6.07, 6.45) is 0.608. The average molecular weight is 106 g/mol. The molecule has 0 aromatic rings. The molecule has 0 heterocycles. The number of hydrogen-bond acceptors (Lipinski definition) is 2. The molecule has 0 aromatic carbocycles. The molecule has 0 saturated heterocycles. The third kappa shape index (κ3) is 4.06. The van der Waals surface area contributed by atoms with Gasteiger partial charge < -0.3 is 4.74 Å². The van der Waals surface area contributed by atoms with E-state index in [1.54, 1.807) is 7.11 Å². The summed E-state index contributed by atoms with van der Waals surface area (Å²) in [6.45, 7) is 0.588. The van der Waals surface area contributed by atoms with Gasteiger partial charge in [-0.2, -0.15) is 0 Å². The Morgan fingerprint density at radius 1 is 1.83 bits per heavy atom. The Morgan fingerprint density at radius 3 is 2.67 bits per heavy atom. The molecule has 0 spiro atoms. The molecule has 0 aromatic heterocycles. The normalized spacial score (nSPS) is 9.50. The maximum atomic E-state index is 9.58. The standard InChI is InChI=1S/C3H7O2P/c1-5-2-3-6-4/h2-3H2,1H3. The first-order chi connectivity index (χ1) is 2.91. The highest BCUT2D eigenvalue weighted by atomic mass is 31.1. The Hall–Kier alpha value is 0.0600. The minimum Gasteiger partial charge on any atom is -0.384 e. The highest BCUT2D eigenvalue weighted by Crippen LogP contribution is 1.86. The summed E-state index contributed by atoms with van der Waals surface area (Å²) < 4.78 is 14.2. The smallest absolute Gasteiger partial charge is 0.157 e. The van der Waals surface area contributed by atoms with Gasteiger partial charge in [0.25, 0.3) is 0 Å². The van der Waals surface area contributed by atoms with Crippen LogP contribution in [0.5, 0.6) is 0 Å². The highest BCUT2D eigenvalue weighted by Gasteiger charge is 1.75. The quantitative estimate of drug-likeness (QED) is 0.395. The zero-order valence-corrected chi connectivity index (χ0v) is 4.57. The van der Waals surface area contributed by atoms with Crippen molar-refractivity contribution in [3.8, 4) is 0 Å². The third-order valence-corrected chi connectivity index (χ3v) is 0.752. The molecule has 0 atom stereocenters. The summed E-state index contributed by atoms with van der Waals surface area (Å²) in [5.41, 5.74) is 0. The Balaban J connectivity index is 2.49. The first kappa shape index (κ1) is 6.06. The summed E-state index contributed by atoms with van der Waals surface area (Å²) in [4.78, 5) is 0. The molecule has 2 nitrogen and oxygen atoms in total. The van der Waals surface area contributed by atoms with Crippen molar-refractivity contribution >= 4 is 8.46 Å². The summed E-state index contributed by atoms with van der Waals surface area (Å²) in [5, 5.41) is 0. The van der Waals surface area contributed by atoms with Crippen LogP contribution in [0, 0.1) is 0 Å². The molecule has 0 aliphatic rings. The summed E-state index contributed by atoms with van der Waals surface area (Å²) in [6, 6.07) is 0. The molecule has 0 radical (unpaired) electrons. The van der Waals surface area contributed by atoms with Gasteiger partial charge >= 0.3 is 0 Å². The fraction of sp³-hybridized carbons (Fsp3) is 1.00. The van der Waals surface area contributed by atoms with Crippen LogP contribution in [-0.4, -0.2) is 19.9 Å². The molecule has 0 bridgehead atoms. The van der Waals surface area contributed by atoms with Crippen LogP contribution in [0.3, 0.4) is 0 Å². The molecule has 6 heavy (non-hydrogen) atoms. The Labute approximate surface area is 38.7 Å². The van der Waals surface area contributed by atoms with Crippen molar-refractivity contribution in [3.63, 3.8) is 0 Å². The fourth-order valence-corrected chi connectivity index (χ4v) is 0.386. The molecular weight excluding hydrogens is 99.0 g/mol. The first-order valence-electron chi connectivity index (χ1n) is 1.70. The molecule has 0 aliphatic carbocycles. The molecule has 0 unspecified atom stereocenters. The topological polar surface area (TPSA) is 26.3 Å². The summed E-state index contributed by atoms with van der Waals surface area (Å²) in [7, 11) is 1.76. The van der Waals surface area contributed by atoms with Crippen LogP contribution in [-0.2, 0) is 9.30 Å². The lowest BCUT2D eigenvalue weighted by Gasteiger charge is -1.83. The van der Waals surface area contributed by atoms with Gasteiger partial charge in [0, 0.05) is 7.11 Å². The van der Waals surface area contributed by atoms with Gasteiger partial charge in [-0.1, -0.05) is 0 Å². The van der Waals surface area contributed by atoms with Crippen LogP contribution in [0.25, 0.3) is 0 Å². The van der Waals surface area contributed by atoms with E-state index in [0.717, 1.165) is 0 Å². The minimum absolute atomic E-state index is 0.170. The van der Waals surface area contributed by atoms with E-state index in [1.807, 2.05) is 0 Å².